The number of H-pyrrole nitrogens is 1. The molecule has 0 aliphatic carbocycles. The molecule has 2 saturated heterocycles. The molecule has 2 atom stereocenters. The summed E-state index contributed by atoms with van der Waals surface area (Å²) >= 11 is 0. The number of hydrogen-bond donors (Lipinski definition) is 2. The van der Waals surface area contributed by atoms with Crippen molar-refractivity contribution >= 4 is 22.9 Å². The lowest BCUT2D eigenvalue weighted by molar-refractivity contribution is -0.125. The van der Waals surface area contributed by atoms with Crippen molar-refractivity contribution in [3.63, 3.8) is 0 Å². The van der Waals surface area contributed by atoms with Crippen LogP contribution in [0.3, 0.4) is 0 Å². The van der Waals surface area contributed by atoms with Crippen molar-refractivity contribution in [3.05, 3.63) is 12.7 Å². The second-order valence-corrected chi connectivity index (χ2v) is 7.25. The highest BCUT2D eigenvalue weighted by molar-refractivity contribution is 5.84. The molecule has 1 amide bonds. The maximum atomic E-state index is 12.7. The number of imidazole rings is 1. The number of amides is 1. The normalized spacial score (nSPS) is 24.3. The predicted molar refractivity (Wildman–Crippen MR) is 99.9 cm³/mol. The van der Waals surface area contributed by atoms with Crippen molar-refractivity contribution in [2.75, 3.05) is 37.6 Å². The quantitative estimate of drug-likeness (QED) is 0.835. The molecule has 26 heavy (non-hydrogen) atoms. The summed E-state index contributed by atoms with van der Waals surface area (Å²) in [5, 5.41) is 3.20. The molecule has 0 radical (unpaired) electrons. The van der Waals surface area contributed by atoms with Crippen molar-refractivity contribution in [2.24, 2.45) is 5.92 Å². The van der Waals surface area contributed by atoms with E-state index in [2.05, 4.69) is 42.0 Å². The predicted octanol–water partition coefficient (Wildman–Crippen LogP) is 1.17. The number of nitrogens with one attached hydrogen (secondary N) is 2. The number of hydrogen-bond acceptors (Lipinski definition) is 6. The minimum atomic E-state index is 0.00756. The van der Waals surface area contributed by atoms with E-state index in [1.54, 1.807) is 12.7 Å². The molecule has 2 aromatic rings. The first-order valence-corrected chi connectivity index (χ1v) is 9.67. The minimum Gasteiger partial charge on any atom is -0.354 e. The van der Waals surface area contributed by atoms with Gasteiger partial charge in [-0.1, -0.05) is 6.92 Å². The van der Waals surface area contributed by atoms with E-state index in [1.807, 2.05) is 0 Å². The highest BCUT2D eigenvalue weighted by Crippen LogP contribution is 2.26. The highest BCUT2D eigenvalue weighted by atomic mass is 16.1. The van der Waals surface area contributed by atoms with E-state index in [-0.39, 0.29) is 11.8 Å². The van der Waals surface area contributed by atoms with Gasteiger partial charge >= 0.3 is 0 Å². The van der Waals surface area contributed by atoms with Gasteiger partial charge in [-0.15, -0.1) is 0 Å². The van der Waals surface area contributed by atoms with Gasteiger partial charge in [-0.05, 0) is 38.8 Å². The summed E-state index contributed by atoms with van der Waals surface area (Å²) in [6.07, 6.45) is 7.52. The average Bonchev–Trinajstić information content (AvgIpc) is 3.34. The Bertz CT molecular complexity index is 761. The molecule has 0 aromatic carbocycles. The van der Waals surface area contributed by atoms with Crippen LogP contribution in [0, 0.1) is 5.92 Å². The van der Waals surface area contributed by atoms with Crippen molar-refractivity contribution in [1.29, 1.82) is 0 Å². The molecule has 0 unspecified atom stereocenters. The zero-order chi connectivity index (χ0) is 17.9. The Labute approximate surface area is 153 Å². The second kappa shape index (κ2) is 7.57. The van der Waals surface area contributed by atoms with Crippen molar-refractivity contribution in [3.8, 4) is 0 Å². The lowest BCUT2D eigenvalue weighted by Gasteiger charge is -2.33. The van der Waals surface area contributed by atoms with Gasteiger partial charge in [0.2, 0.25) is 5.91 Å². The maximum absolute atomic E-state index is 12.7. The summed E-state index contributed by atoms with van der Waals surface area (Å²) in [5.41, 5.74) is 1.51. The van der Waals surface area contributed by atoms with Crippen LogP contribution in [-0.4, -0.2) is 69.5 Å². The Hall–Kier alpha value is -2.22. The van der Waals surface area contributed by atoms with Gasteiger partial charge in [0.15, 0.2) is 11.5 Å². The van der Waals surface area contributed by atoms with Crippen LogP contribution in [0.2, 0.25) is 0 Å². The number of carbonyl (C=O) groups excluding carboxylic acids is 1. The monoisotopic (exact) mass is 357 g/mol. The summed E-state index contributed by atoms with van der Waals surface area (Å²) in [6, 6.07) is 0.495. The van der Waals surface area contributed by atoms with E-state index < -0.39 is 0 Å². The Morgan fingerprint density at radius 3 is 3.04 bits per heavy atom. The highest BCUT2D eigenvalue weighted by Gasteiger charge is 2.29. The molecule has 4 rings (SSSR count). The fraction of sp³-hybridized carbons (Fsp3) is 0.667. The zero-order valence-electron chi connectivity index (χ0n) is 15.3. The fourth-order valence-electron chi connectivity index (χ4n) is 4.28. The van der Waals surface area contributed by atoms with Crippen LogP contribution in [0.1, 0.15) is 32.6 Å². The van der Waals surface area contributed by atoms with Gasteiger partial charge in [0.05, 0.1) is 12.2 Å². The van der Waals surface area contributed by atoms with E-state index in [0.717, 1.165) is 50.4 Å². The summed E-state index contributed by atoms with van der Waals surface area (Å²) in [5.74, 6) is 1.03. The van der Waals surface area contributed by atoms with E-state index in [0.29, 0.717) is 18.2 Å². The number of nitrogens with zero attached hydrogens (tertiary/aromatic N) is 5. The zero-order valence-corrected chi connectivity index (χ0v) is 15.3. The van der Waals surface area contributed by atoms with E-state index in [9.17, 15) is 4.79 Å². The summed E-state index contributed by atoms with van der Waals surface area (Å²) in [6.45, 7) is 6.77. The lowest BCUT2D eigenvalue weighted by Crippen LogP contribution is -2.46. The first kappa shape index (κ1) is 17.2. The second-order valence-electron chi connectivity index (χ2n) is 7.25. The third kappa shape index (κ3) is 3.38. The van der Waals surface area contributed by atoms with Crippen LogP contribution in [0.15, 0.2) is 12.7 Å². The molecule has 0 bridgehead atoms. The molecule has 0 spiro atoms. The SMILES string of the molecule is CCN1CCC[C@H]1CNC(=O)[C@H]1CCCN(c2ncnc3nc[nH]c23)C1. The third-order valence-electron chi connectivity index (χ3n) is 5.71. The molecular weight excluding hydrogens is 330 g/mol. The van der Waals surface area contributed by atoms with Gasteiger partial charge in [0, 0.05) is 25.7 Å². The molecule has 0 saturated carbocycles. The summed E-state index contributed by atoms with van der Waals surface area (Å²) < 4.78 is 0. The number of aromatic amines is 1. The Kier molecular flexibility index (Phi) is 5.01. The van der Waals surface area contributed by atoms with Crippen LogP contribution >= 0.6 is 0 Å². The van der Waals surface area contributed by atoms with Crippen molar-refractivity contribution in [1.82, 2.24) is 30.2 Å². The number of piperidine rings is 1. The number of carbonyl (C=O) groups is 1. The number of likely N-dealkylation sites (tertiary alicyclic amines) is 1. The van der Waals surface area contributed by atoms with Crippen molar-refractivity contribution < 1.29 is 4.79 Å². The van der Waals surface area contributed by atoms with Crippen LogP contribution in [0.5, 0.6) is 0 Å². The standard InChI is InChI=1S/C18H27N7O/c1-2-24-7-4-6-14(24)9-19-18(26)13-5-3-8-25(10-13)17-15-16(21-11-20-15)22-12-23-17/h11-14H,2-10H2,1H3,(H,19,26)(H,20,21,22,23)/t13-,14-/m0/s1. The molecule has 8 nitrogen and oxygen atoms in total. The molecule has 8 heteroatoms. The Morgan fingerprint density at radius 2 is 2.15 bits per heavy atom. The maximum Gasteiger partial charge on any atom is 0.224 e. The van der Waals surface area contributed by atoms with E-state index >= 15 is 0 Å². The molecule has 2 aromatic heterocycles. The Morgan fingerprint density at radius 1 is 1.27 bits per heavy atom. The van der Waals surface area contributed by atoms with Gasteiger partial charge in [-0.3, -0.25) is 9.69 Å². The number of rotatable bonds is 5. The van der Waals surface area contributed by atoms with Gasteiger partial charge in [-0.2, -0.15) is 0 Å². The van der Waals surface area contributed by atoms with Crippen LogP contribution < -0.4 is 10.2 Å². The fourth-order valence-corrected chi connectivity index (χ4v) is 4.28. The molecule has 140 valence electrons. The van der Waals surface area contributed by atoms with Gasteiger partial charge in [-0.25, -0.2) is 15.0 Å². The molecule has 2 N–H and O–H groups in total. The van der Waals surface area contributed by atoms with E-state index in [1.165, 1.54) is 12.8 Å². The number of aromatic nitrogens is 4. The van der Waals surface area contributed by atoms with Gasteiger partial charge in [0.1, 0.15) is 11.8 Å². The molecule has 2 aliphatic rings. The molecule has 4 heterocycles. The topological polar surface area (TPSA) is 90.0 Å². The summed E-state index contributed by atoms with van der Waals surface area (Å²) in [7, 11) is 0. The smallest absolute Gasteiger partial charge is 0.224 e. The van der Waals surface area contributed by atoms with Gasteiger partial charge in [0.25, 0.3) is 0 Å². The van der Waals surface area contributed by atoms with Crippen LogP contribution in [-0.2, 0) is 4.79 Å². The molecular formula is C18H27N7O. The average molecular weight is 357 g/mol. The van der Waals surface area contributed by atoms with Crippen LogP contribution in [0.4, 0.5) is 5.82 Å². The first-order chi connectivity index (χ1) is 12.8. The minimum absolute atomic E-state index is 0.00756. The lowest BCUT2D eigenvalue weighted by atomic mass is 9.97. The Balaban J connectivity index is 1.39. The number of anilines is 1. The molecule has 2 aliphatic heterocycles. The first-order valence-electron chi connectivity index (χ1n) is 9.67. The van der Waals surface area contributed by atoms with Crippen molar-refractivity contribution in [2.45, 2.75) is 38.6 Å². The van der Waals surface area contributed by atoms with Crippen LogP contribution in [0.25, 0.3) is 11.2 Å². The van der Waals surface area contributed by atoms with E-state index in [4.69, 9.17) is 0 Å². The van der Waals surface area contributed by atoms with Gasteiger partial charge < -0.3 is 15.2 Å². The number of likely N-dealkylation sites (N-methyl/N-ethyl adjacent to an activating group) is 1. The molecule has 2 fully saturated rings. The largest absolute Gasteiger partial charge is 0.354 e. The summed E-state index contributed by atoms with van der Waals surface area (Å²) in [4.78, 5) is 33.3. The third-order valence-corrected chi connectivity index (χ3v) is 5.71. The number of fused-ring (bicyclic) bond motifs is 1.